The summed E-state index contributed by atoms with van der Waals surface area (Å²) in [5.74, 6) is 0. The summed E-state index contributed by atoms with van der Waals surface area (Å²) in [6.07, 6.45) is 5.17. The zero-order valence-corrected chi connectivity index (χ0v) is 13.3. The van der Waals surface area contributed by atoms with E-state index >= 15 is 0 Å². The van der Waals surface area contributed by atoms with Gasteiger partial charge in [0.05, 0.1) is 15.3 Å². The van der Waals surface area contributed by atoms with Crippen LogP contribution in [0.25, 0.3) is 0 Å². The van der Waals surface area contributed by atoms with E-state index in [4.69, 9.17) is 0 Å². The van der Waals surface area contributed by atoms with Crippen LogP contribution in [0.3, 0.4) is 0 Å². The predicted octanol–water partition coefficient (Wildman–Crippen LogP) is 1.21. The SMILES string of the molecule is CS(=O)(=O)c1cccc(C2(N=C=O)CCC2)c1S(C)(=O)=O. The Morgan fingerprint density at radius 1 is 1.10 bits per heavy atom. The first-order valence-electron chi connectivity index (χ1n) is 6.24. The first-order chi connectivity index (χ1) is 9.62. The van der Waals surface area contributed by atoms with Gasteiger partial charge in [-0.25, -0.2) is 21.6 Å². The molecule has 0 aromatic heterocycles. The average molecular weight is 329 g/mol. The fourth-order valence-electron chi connectivity index (χ4n) is 2.60. The first kappa shape index (κ1) is 15.9. The average Bonchev–Trinajstić information content (AvgIpc) is 2.30. The van der Waals surface area contributed by atoms with Gasteiger partial charge in [0.15, 0.2) is 19.7 Å². The lowest BCUT2D eigenvalue weighted by atomic mass is 9.72. The molecule has 21 heavy (non-hydrogen) atoms. The minimum atomic E-state index is -3.79. The number of carbonyl (C=O) groups excluding carboxylic acids is 1. The Morgan fingerprint density at radius 3 is 2.10 bits per heavy atom. The zero-order valence-electron chi connectivity index (χ0n) is 11.7. The maximum Gasteiger partial charge on any atom is 0.235 e. The summed E-state index contributed by atoms with van der Waals surface area (Å²) in [7, 11) is -7.51. The number of benzene rings is 1. The second kappa shape index (κ2) is 5.05. The highest BCUT2D eigenvalue weighted by atomic mass is 32.2. The minimum Gasteiger partial charge on any atom is -0.224 e. The van der Waals surface area contributed by atoms with Crippen LogP contribution in [0, 0.1) is 0 Å². The van der Waals surface area contributed by atoms with Gasteiger partial charge in [0.25, 0.3) is 0 Å². The standard InChI is InChI=1S/C13H15NO5S2/c1-20(16,17)11-6-3-5-10(12(11)21(2,18)19)13(14-9-15)7-4-8-13/h3,5-6H,4,7-8H2,1-2H3. The van der Waals surface area contributed by atoms with Crippen molar-refractivity contribution >= 4 is 25.8 Å². The molecule has 6 nitrogen and oxygen atoms in total. The molecule has 0 aliphatic heterocycles. The van der Waals surface area contributed by atoms with Gasteiger partial charge in [-0.1, -0.05) is 12.1 Å². The molecular weight excluding hydrogens is 314 g/mol. The normalized spacial score (nSPS) is 17.6. The van der Waals surface area contributed by atoms with Crippen LogP contribution in [0.1, 0.15) is 24.8 Å². The summed E-state index contributed by atoms with van der Waals surface area (Å²) < 4.78 is 48.0. The molecule has 0 N–H and O–H groups in total. The lowest BCUT2D eigenvalue weighted by molar-refractivity contribution is 0.250. The molecule has 0 amide bonds. The molecule has 1 aliphatic rings. The third-order valence-corrected chi connectivity index (χ3v) is 6.14. The van der Waals surface area contributed by atoms with Gasteiger partial charge < -0.3 is 0 Å². The molecule has 1 aliphatic carbocycles. The van der Waals surface area contributed by atoms with E-state index in [0.29, 0.717) is 12.8 Å². The Kier molecular flexibility index (Phi) is 3.82. The van der Waals surface area contributed by atoms with E-state index in [0.717, 1.165) is 18.9 Å². The molecule has 0 heterocycles. The first-order valence-corrected chi connectivity index (χ1v) is 10.0. The molecule has 1 aromatic rings. The van der Waals surface area contributed by atoms with Crippen molar-refractivity contribution in [1.82, 2.24) is 0 Å². The highest BCUT2D eigenvalue weighted by Crippen LogP contribution is 2.47. The van der Waals surface area contributed by atoms with Crippen LogP contribution in [0.15, 0.2) is 33.0 Å². The lowest BCUT2D eigenvalue weighted by Gasteiger charge is -2.38. The maximum absolute atomic E-state index is 12.1. The topological polar surface area (TPSA) is 97.7 Å². The number of hydrogen-bond donors (Lipinski definition) is 0. The molecule has 8 heteroatoms. The third kappa shape index (κ3) is 2.79. The summed E-state index contributed by atoms with van der Waals surface area (Å²) in [6.45, 7) is 0. The third-order valence-electron chi connectivity index (χ3n) is 3.69. The Hall–Kier alpha value is -1.50. The highest BCUT2D eigenvalue weighted by Gasteiger charge is 2.43. The summed E-state index contributed by atoms with van der Waals surface area (Å²) in [5, 5.41) is 0. The van der Waals surface area contributed by atoms with E-state index in [1.807, 2.05) is 0 Å². The number of rotatable bonds is 4. The van der Waals surface area contributed by atoms with Gasteiger partial charge in [0.2, 0.25) is 6.08 Å². The van der Waals surface area contributed by atoms with Crippen LogP contribution in [-0.4, -0.2) is 35.4 Å². The van der Waals surface area contributed by atoms with Gasteiger partial charge in [0.1, 0.15) is 0 Å². The van der Waals surface area contributed by atoms with Crippen LogP contribution in [-0.2, 0) is 30.0 Å². The number of sulfone groups is 2. The Morgan fingerprint density at radius 2 is 1.71 bits per heavy atom. The van der Waals surface area contributed by atoms with Gasteiger partial charge in [-0.2, -0.15) is 4.99 Å². The van der Waals surface area contributed by atoms with Gasteiger partial charge in [-0.15, -0.1) is 0 Å². The van der Waals surface area contributed by atoms with E-state index in [9.17, 15) is 21.6 Å². The van der Waals surface area contributed by atoms with Crippen LogP contribution in [0.2, 0.25) is 0 Å². The second-order valence-electron chi connectivity index (χ2n) is 5.27. The summed E-state index contributed by atoms with van der Waals surface area (Å²) in [6, 6.07) is 4.25. The molecule has 1 fully saturated rings. The van der Waals surface area contributed by atoms with Crippen molar-refractivity contribution < 1.29 is 21.6 Å². The number of aliphatic imine (C=N–C) groups is 1. The predicted molar refractivity (Wildman–Crippen MR) is 76.3 cm³/mol. The Balaban J connectivity index is 2.89. The molecule has 2 rings (SSSR count). The number of isocyanates is 1. The summed E-state index contributed by atoms with van der Waals surface area (Å²) in [4.78, 5) is 13.9. The number of nitrogens with zero attached hydrogens (tertiary/aromatic N) is 1. The second-order valence-corrected chi connectivity index (χ2v) is 9.20. The van der Waals surface area contributed by atoms with Gasteiger partial charge in [0, 0.05) is 18.1 Å². The van der Waals surface area contributed by atoms with E-state index in [2.05, 4.69) is 4.99 Å². The van der Waals surface area contributed by atoms with E-state index < -0.39 is 25.2 Å². The quantitative estimate of drug-likeness (QED) is 0.611. The fourth-order valence-corrected chi connectivity index (χ4v) is 5.37. The van der Waals surface area contributed by atoms with E-state index in [-0.39, 0.29) is 15.4 Å². The molecule has 0 unspecified atom stereocenters. The molecule has 0 saturated heterocycles. The number of hydrogen-bond acceptors (Lipinski definition) is 6. The van der Waals surface area contributed by atoms with Crippen molar-refractivity contribution in [2.45, 2.75) is 34.6 Å². The summed E-state index contributed by atoms with van der Waals surface area (Å²) in [5.41, 5.74) is -0.705. The highest BCUT2D eigenvalue weighted by molar-refractivity contribution is 7.93. The van der Waals surface area contributed by atoms with Crippen LogP contribution in [0.5, 0.6) is 0 Å². The maximum atomic E-state index is 12.1. The molecule has 1 aromatic carbocycles. The van der Waals surface area contributed by atoms with E-state index in [1.165, 1.54) is 24.3 Å². The van der Waals surface area contributed by atoms with Gasteiger partial charge >= 0.3 is 0 Å². The van der Waals surface area contributed by atoms with Gasteiger partial charge in [-0.05, 0) is 25.3 Å². The molecule has 1 saturated carbocycles. The zero-order chi connectivity index (χ0) is 15.9. The van der Waals surface area contributed by atoms with Crippen molar-refractivity contribution in [1.29, 1.82) is 0 Å². The Labute approximate surface area is 123 Å². The fraction of sp³-hybridized carbons (Fsp3) is 0.462. The molecule has 0 atom stereocenters. The molecule has 0 spiro atoms. The van der Waals surface area contributed by atoms with Crippen molar-refractivity contribution in [2.75, 3.05) is 12.5 Å². The molecule has 0 radical (unpaired) electrons. The Bertz CT molecular complexity index is 829. The molecule has 0 bridgehead atoms. The van der Waals surface area contributed by atoms with Gasteiger partial charge in [-0.3, -0.25) is 0 Å². The lowest BCUT2D eigenvalue weighted by Crippen LogP contribution is -2.34. The van der Waals surface area contributed by atoms with E-state index in [1.54, 1.807) is 0 Å². The smallest absolute Gasteiger partial charge is 0.224 e. The van der Waals surface area contributed by atoms with Crippen molar-refractivity contribution in [3.8, 4) is 0 Å². The van der Waals surface area contributed by atoms with Crippen molar-refractivity contribution in [3.05, 3.63) is 23.8 Å². The van der Waals surface area contributed by atoms with Crippen LogP contribution in [0.4, 0.5) is 0 Å². The molecular formula is C13H15NO5S2. The van der Waals surface area contributed by atoms with Crippen LogP contribution < -0.4 is 0 Å². The minimum absolute atomic E-state index is 0.255. The van der Waals surface area contributed by atoms with Crippen molar-refractivity contribution in [3.63, 3.8) is 0 Å². The largest absolute Gasteiger partial charge is 0.235 e. The summed E-state index contributed by atoms with van der Waals surface area (Å²) >= 11 is 0. The molecule has 114 valence electrons. The van der Waals surface area contributed by atoms with Crippen molar-refractivity contribution in [2.24, 2.45) is 4.99 Å². The van der Waals surface area contributed by atoms with Crippen LogP contribution >= 0.6 is 0 Å². The monoisotopic (exact) mass is 329 g/mol.